The third-order valence-corrected chi connectivity index (χ3v) is 3.14. The average Bonchev–Trinajstić information content (AvgIpc) is 2.54. The smallest absolute Gasteiger partial charge is 0.332 e. The highest BCUT2D eigenvalue weighted by Crippen LogP contribution is 2.06. The summed E-state index contributed by atoms with van der Waals surface area (Å²) < 4.78 is 26.3. The van der Waals surface area contributed by atoms with Crippen LogP contribution in [0.1, 0.15) is 19.8 Å². The van der Waals surface area contributed by atoms with Crippen molar-refractivity contribution < 1.29 is 28.5 Å². The lowest BCUT2D eigenvalue weighted by Gasteiger charge is -2.22. The van der Waals surface area contributed by atoms with E-state index in [2.05, 4.69) is 5.32 Å². The van der Waals surface area contributed by atoms with E-state index in [1.54, 1.807) is 6.92 Å². The molecule has 23 heavy (non-hydrogen) atoms. The Morgan fingerprint density at radius 3 is 2.13 bits per heavy atom. The SMILES string of the molecule is CCOC(=O)COCCOCCOCCOC1CCNCC1.Cl. The van der Waals surface area contributed by atoms with Crippen LogP contribution in [0.4, 0.5) is 0 Å². The largest absolute Gasteiger partial charge is 0.464 e. The molecule has 1 rings (SSSR count). The Morgan fingerprint density at radius 1 is 0.957 bits per heavy atom. The van der Waals surface area contributed by atoms with Crippen molar-refractivity contribution in [3.63, 3.8) is 0 Å². The molecule has 0 atom stereocenters. The van der Waals surface area contributed by atoms with E-state index in [9.17, 15) is 4.79 Å². The van der Waals surface area contributed by atoms with Crippen molar-refractivity contribution in [1.29, 1.82) is 0 Å². The quantitative estimate of drug-likeness (QED) is 0.386. The first kappa shape index (κ1) is 22.6. The third-order valence-electron chi connectivity index (χ3n) is 3.14. The molecule has 1 saturated heterocycles. The minimum absolute atomic E-state index is 0. The van der Waals surface area contributed by atoms with Gasteiger partial charge in [-0.2, -0.15) is 0 Å². The number of halogens is 1. The molecule has 0 aromatic rings. The van der Waals surface area contributed by atoms with Crippen LogP contribution in [-0.2, 0) is 28.5 Å². The number of hydrogen-bond acceptors (Lipinski definition) is 7. The highest BCUT2D eigenvalue weighted by molar-refractivity contribution is 5.85. The van der Waals surface area contributed by atoms with Gasteiger partial charge in [-0.1, -0.05) is 0 Å². The summed E-state index contributed by atoms with van der Waals surface area (Å²) in [4.78, 5) is 11.0. The summed E-state index contributed by atoms with van der Waals surface area (Å²) in [7, 11) is 0. The first-order valence-corrected chi connectivity index (χ1v) is 8.04. The molecule has 0 unspecified atom stereocenters. The van der Waals surface area contributed by atoms with Crippen molar-refractivity contribution >= 4 is 18.4 Å². The van der Waals surface area contributed by atoms with Gasteiger partial charge in [0.25, 0.3) is 0 Å². The Kier molecular flexibility index (Phi) is 16.1. The van der Waals surface area contributed by atoms with E-state index in [4.69, 9.17) is 23.7 Å². The van der Waals surface area contributed by atoms with Crippen LogP contribution in [0, 0.1) is 0 Å². The van der Waals surface area contributed by atoms with Crippen LogP contribution < -0.4 is 5.32 Å². The minimum atomic E-state index is -0.348. The normalized spacial score (nSPS) is 15.2. The summed E-state index contributed by atoms with van der Waals surface area (Å²) >= 11 is 0. The highest BCUT2D eigenvalue weighted by atomic mass is 35.5. The third kappa shape index (κ3) is 13.7. The fraction of sp³-hybridized carbons (Fsp3) is 0.933. The topological polar surface area (TPSA) is 75.3 Å². The Labute approximate surface area is 144 Å². The maximum Gasteiger partial charge on any atom is 0.332 e. The first-order chi connectivity index (χ1) is 10.8. The fourth-order valence-electron chi connectivity index (χ4n) is 2.03. The second-order valence-electron chi connectivity index (χ2n) is 4.90. The molecular formula is C15H30ClNO6. The van der Waals surface area contributed by atoms with Crippen molar-refractivity contribution in [1.82, 2.24) is 5.32 Å². The van der Waals surface area contributed by atoms with Gasteiger partial charge in [-0.25, -0.2) is 4.79 Å². The Hall–Kier alpha value is -0.440. The molecule has 0 radical (unpaired) electrons. The molecule has 7 nitrogen and oxygen atoms in total. The van der Waals surface area contributed by atoms with E-state index in [1.165, 1.54) is 0 Å². The molecule has 1 heterocycles. The van der Waals surface area contributed by atoms with Crippen LogP contribution in [0.2, 0.25) is 0 Å². The molecular weight excluding hydrogens is 326 g/mol. The molecule has 0 aromatic heterocycles. The van der Waals surface area contributed by atoms with Gasteiger partial charge >= 0.3 is 5.97 Å². The zero-order valence-corrected chi connectivity index (χ0v) is 14.7. The molecule has 1 N–H and O–H groups in total. The van der Waals surface area contributed by atoms with Crippen molar-refractivity contribution in [2.75, 3.05) is 65.9 Å². The van der Waals surface area contributed by atoms with E-state index in [0.29, 0.717) is 52.4 Å². The number of ether oxygens (including phenoxy) is 5. The van der Waals surface area contributed by atoms with Crippen LogP contribution >= 0.6 is 12.4 Å². The van der Waals surface area contributed by atoms with Gasteiger partial charge in [-0.15, -0.1) is 12.4 Å². The maximum absolute atomic E-state index is 11.0. The van der Waals surface area contributed by atoms with Crippen molar-refractivity contribution in [3.05, 3.63) is 0 Å². The van der Waals surface area contributed by atoms with E-state index < -0.39 is 0 Å². The molecule has 138 valence electrons. The Morgan fingerprint density at radius 2 is 1.52 bits per heavy atom. The summed E-state index contributed by atoms with van der Waals surface area (Å²) in [6, 6.07) is 0. The van der Waals surface area contributed by atoms with Gasteiger partial charge in [0.2, 0.25) is 0 Å². The van der Waals surface area contributed by atoms with Gasteiger partial charge in [0.15, 0.2) is 0 Å². The minimum Gasteiger partial charge on any atom is -0.464 e. The molecule has 1 fully saturated rings. The van der Waals surface area contributed by atoms with Crippen LogP contribution in [0.25, 0.3) is 0 Å². The number of hydrogen-bond donors (Lipinski definition) is 1. The van der Waals surface area contributed by atoms with Crippen molar-refractivity contribution in [2.24, 2.45) is 0 Å². The molecule has 0 aliphatic carbocycles. The zero-order valence-electron chi connectivity index (χ0n) is 13.9. The number of rotatable bonds is 13. The summed E-state index contributed by atoms with van der Waals surface area (Å²) in [6.45, 7) is 7.27. The van der Waals surface area contributed by atoms with E-state index in [-0.39, 0.29) is 25.0 Å². The molecule has 0 spiro atoms. The first-order valence-electron chi connectivity index (χ1n) is 8.04. The molecule has 1 aliphatic rings. The molecule has 0 aromatic carbocycles. The second kappa shape index (κ2) is 16.4. The summed E-state index contributed by atoms with van der Waals surface area (Å²) in [5.74, 6) is -0.348. The highest BCUT2D eigenvalue weighted by Gasteiger charge is 2.12. The van der Waals surface area contributed by atoms with Gasteiger partial charge < -0.3 is 29.0 Å². The van der Waals surface area contributed by atoms with Gasteiger partial charge in [-0.05, 0) is 32.9 Å². The standard InChI is InChI=1S/C15H29NO6.ClH/c1-2-21-15(17)13-20-10-9-18-7-8-19-11-12-22-14-3-5-16-6-4-14;/h14,16H,2-13H2,1H3;1H. The number of carbonyl (C=O) groups is 1. The van der Waals surface area contributed by atoms with Crippen LogP contribution in [-0.4, -0.2) is 78.0 Å². The van der Waals surface area contributed by atoms with Crippen molar-refractivity contribution in [2.45, 2.75) is 25.9 Å². The van der Waals surface area contributed by atoms with Crippen molar-refractivity contribution in [3.8, 4) is 0 Å². The molecule has 8 heteroatoms. The van der Waals surface area contributed by atoms with Gasteiger partial charge in [0.05, 0.1) is 52.4 Å². The lowest BCUT2D eigenvalue weighted by Crippen LogP contribution is -2.33. The number of carbonyl (C=O) groups excluding carboxylic acids is 1. The lowest BCUT2D eigenvalue weighted by molar-refractivity contribution is -0.149. The van der Waals surface area contributed by atoms with Crippen LogP contribution in [0.15, 0.2) is 0 Å². The van der Waals surface area contributed by atoms with Crippen LogP contribution in [0.5, 0.6) is 0 Å². The molecule has 1 aliphatic heterocycles. The second-order valence-corrected chi connectivity index (χ2v) is 4.90. The predicted molar refractivity (Wildman–Crippen MR) is 88.2 cm³/mol. The molecule has 0 saturated carbocycles. The van der Waals surface area contributed by atoms with E-state index in [0.717, 1.165) is 25.9 Å². The van der Waals surface area contributed by atoms with Crippen LogP contribution in [0.3, 0.4) is 0 Å². The number of piperidine rings is 1. The van der Waals surface area contributed by atoms with Gasteiger partial charge in [0.1, 0.15) is 6.61 Å². The fourth-order valence-corrected chi connectivity index (χ4v) is 2.03. The van der Waals surface area contributed by atoms with E-state index >= 15 is 0 Å². The summed E-state index contributed by atoms with van der Waals surface area (Å²) in [5, 5.41) is 3.30. The monoisotopic (exact) mass is 355 g/mol. The Balaban J connectivity index is 0.00000484. The zero-order chi connectivity index (χ0) is 15.9. The van der Waals surface area contributed by atoms with Gasteiger partial charge in [-0.3, -0.25) is 0 Å². The number of nitrogens with one attached hydrogen (secondary N) is 1. The predicted octanol–water partition coefficient (Wildman–Crippen LogP) is 0.790. The Bertz CT molecular complexity index is 277. The molecule has 0 amide bonds. The van der Waals surface area contributed by atoms with E-state index in [1.807, 2.05) is 0 Å². The summed E-state index contributed by atoms with van der Waals surface area (Å²) in [5.41, 5.74) is 0. The maximum atomic E-state index is 11.0. The lowest BCUT2D eigenvalue weighted by atomic mass is 10.1. The van der Waals surface area contributed by atoms with Gasteiger partial charge in [0, 0.05) is 0 Å². The summed E-state index contributed by atoms with van der Waals surface area (Å²) in [6.07, 6.45) is 2.53. The number of esters is 1. The average molecular weight is 356 g/mol. The molecule has 0 bridgehead atoms.